The number of amides is 2. The summed E-state index contributed by atoms with van der Waals surface area (Å²) in [4.78, 5) is 27.6. The van der Waals surface area contributed by atoms with Crippen molar-refractivity contribution in [2.24, 2.45) is 0 Å². The minimum Gasteiger partial charge on any atom is -0.340 e. The monoisotopic (exact) mass is 397 g/mol. The van der Waals surface area contributed by atoms with Crippen molar-refractivity contribution < 1.29 is 18.0 Å². The number of carbonyl (C=O) groups excluding carboxylic acids is 2. The molecule has 0 atom stereocenters. The summed E-state index contributed by atoms with van der Waals surface area (Å²) >= 11 is 1.23. The maximum absolute atomic E-state index is 12.8. The Balaban J connectivity index is 1.63. The summed E-state index contributed by atoms with van der Waals surface area (Å²) in [6, 6.07) is 6.81. The molecule has 0 bridgehead atoms. The van der Waals surface area contributed by atoms with Gasteiger partial charge in [-0.15, -0.1) is 0 Å². The van der Waals surface area contributed by atoms with Crippen LogP contribution in [-0.4, -0.2) is 78.7 Å². The number of thioether (sulfide) groups is 1. The molecule has 26 heavy (non-hydrogen) atoms. The molecule has 142 valence electrons. The summed E-state index contributed by atoms with van der Waals surface area (Å²) in [5, 5.41) is -0.0586. The Labute approximate surface area is 158 Å². The first-order valence-corrected chi connectivity index (χ1v) is 11.1. The molecule has 0 unspecified atom stereocenters. The van der Waals surface area contributed by atoms with Gasteiger partial charge in [0.1, 0.15) is 6.54 Å². The van der Waals surface area contributed by atoms with Crippen LogP contribution in [0.3, 0.4) is 0 Å². The number of benzene rings is 1. The summed E-state index contributed by atoms with van der Waals surface area (Å²) in [6.07, 6.45) is 0.583. The van der Waals surface area contributed by atoms with Crippen LogP contribution in [0.5, 0.6) is 0 Å². The normalized spacial score (nSPS) is 19.7. The van der Waals surface area contributed by atoms with E-state index in [1.165, 1.54) is 16.1 Å². The van der Waals surface area contributed by atoms with Crippen molar-refractivity contribution in [3.05, 3.63) is 29.8 Å². The van der Waals surface area contributed by atoms with Gasteiger partial charge in [0.2, 0.25) is 15.9 Å². The first kappa shape index (κ1) is 19.2. The fraction of sp³-hybridized carbons (Fsp3) is 0.529. The Kier molecular flexibility index (Phi) is 5.89. The summed E-state index contributed by atoms with van der Waals surface area (Å²) in [5.41, 5.74) is 1.01. The Morgan fingerprint density at radius 2 is 1.81 bits per heavy atom. The van der Waals surface area contributed by atoms with Crippen LogP contribution < -0.4 is 0 Å². The number of carbonyl (C=O) groups is 2. The van der Waals surface area contributed by atoms with Crippen LogP contribution in [-0.2, 0) is 14.8 Å². The van der Waals surface area contributed by atoms with E-state index in [2.05, 4.69) is 0 Å². The lowest BCUT2D eigenvalue weighted by Gasteiger charge is -2.24. The number of sulfonamides is 1. The van der Waals surface area contributed by atoms with Crippen LogP contribution >= 0.6 is 11.8 Å². The van der Waals surface area contributed by atoms with Crippen LogP contribution in [0, 0.1) is 6.92 Å². The van der Waals surface area contributed by atoms with Crippen LogP contribution in [0.15, 0.2) is 29.2 Å². The average molecular weight is 398 g/mol. The predicted molar refractivity (Wildman–Crippen MR) is 101 cm³/mol. The van der Waals surface area contributed by atoms with Gasteiger partial charge in [0.15, 0.2) is 0 Å². The van der Waals surface area contributed by atoms with Gasteiger partial charge in [-0.2, -0.15) is 4.31 Å². The molecule has 0 aliphatic carbocycles. The van der Waals surface area contributed by atoms with Crippen molar-refractivity contribution in [1.29, 1.82) is 0 Å². The van der Waals surface area contributed by atoms with E-state index in [4.69, 9.17) is 0 Å². The molecule has 2 amide bonds. The van der Waals surface area contributed by atoms with Crippen LogP contribution in [0.4, 0.5) is 4.79 Å². The van der Waals surface area contributed by atoms with Gasteiger partial charge in [-0.1, -0.05) is 29.5 Å². The van der Waals surface area contributed by atoms with Gasteiger partial charge in [0.25, 0.3) is 5.24 Å². The molecule has 2 aliphatic heterocycles. The molecule has 0 spiro atoms. The lowest BCUT2D eigenvalue weighted by molar-refractivity contribution is -0.131. The quantitative estimate of drug-likeness (QED) is 0.767. The number of hydrogen-bond donors (Lipinski definition) is 0. The number of hydrogen-bond acceptors (Lipinski definition) is 5. The molecule has 2 fully saturated rings. The molecule has 3 rings (SSSR count). The number of nitrogens with zero attached hydrogens (tertiary/aromatic N) is 3. The Hall–Kier alpha value is -1.58. The highest BCUT2D eigenvalue weighted by Crippen LogP contribution is 2.20. The van der Waals surface area contributed by atoms with Crippen molar-refractivity contribution in [2.75, 3.05) is 45.0 Å². The molecular formula is C17H23N3O4S2. The summed E-state index contributed by atoms with van der Waals surface area (Å²) < 4.78 is 27.1. The van der Waals surface area contributed by atoms with Crippen molar-refractivity contribution in [3.63, 3.8) is 0 Å². The maximum Gasteiger partial charge on any atom is 0.282 e. The highest BCUT2D eigenvalue weighted by Gasteiger charge is 2.30. The molecule has 2 heterocycles. The summed E-state index contributed by atoms with van der Waals surface area (Å²) in [5.74, 6) is 0.602. The Morgan fingerprint density at radius 1 is 1.08 bits per heavy atom. The highest BCUT2D eigenvalue weighted by molar-refractivity contribution is 8.13. The SMILES string of the molecule is Cc1ccc(S(=O)(=O)N2CCCN(C(=O)CN3CCSC3=O)CC2)cc1. The molecule has 1 aromatic rings. The van der Waals surface area contributed by atoms with E-state index >= 15 is 0 Å². The molecule has 0 aromatic heterocycles. The Morgan fingerprint density at radius 3 is 2.46 bits per heavy atom. The zero-order valence-electron chi connectivity index (χ0n) is 14.8. The third-order valence-electron chi connectivity index (χ3n) is 4.64. The summed E-state index contributed by atoms with van der Waals surface area (Å²) in [7, 11) is -3.55. The van der Waals surface area contributed by atoms with E-state index < -0.39 is 10.0 Å². The zero-order valence-corrected chi connectivity index (χ0v) is 16.4. The molecule has 0 saturated carbocycles. The molecule has 2 saturated heterocycles. The zero-order chi connectivity index (χ0) is 18.7. The van der Waals surface area contributed by atoms with Gasteiger partial charge in [-0.05, 0) is 25.5 Å². The minimum atomic E-state index is -3.55. The molecule has 9 heteroatoms. The topological polar surface area (TPSA) is 78.0 Å². The van der Waals surface area contributed by atoms with E-state index in [9.17, 15) is 18.0 Å². The summed E-state index contributed by atoms with van der Waals surface area (Å²) in [6.45, 7) is 4.10. The third-order valence-corrected chi connectivity index (χ3v) is 7.44. The van der Waals surface area contributed by atoms with Gasteiger partial charge >= 0.3 is 0 Å². The second-order valence-corrected chi connectivity index (χ2v) is 9.47. The van der Waals surface area contributed by atoms with Crippen molar-refractivity contribution in [2.45, 2.75) is 18.2 Å². The van der Waals surface area contributed by atoms with E-state index in [1.54, 1.807) is 34.1 Å². The van der Waals surface area contributed by atoms with Gasteiger partial charge in [0, 0.05) is 38.5 Å². The van der Waals surface area contributed by atoms with Gasteiger partial charge < -0.3 is 9.80 Å². The fourth-order valence-electron chi connectivity index (χ4n) is 3.08. The van der Waals surface area contributed by atoms with Crippen molar-refractivity contribution in [1.82, 2.24) is 14.1 Å². The van der Waals surface area contributed by atoms with Gasteiger partial charge in [-0.25, -0.2) is 8.42 Å². The standard InChI is InChI=1S/C17H23N3O4S2/c1-14-3-5-15(6-4-14)26(23,24)20-8-2-7-18(9-10-20)16(21)13-19-11-12-25-17(19)22/h3-6H,2,7-13H2,1H3. The number of aryl methyl sites for hydroxylation is 1. The molecular weight excluding hydrogens is 374 g/mol. The highest BCUT2D eigenvalue weighted by atomic mass is 32.2. The van der Waals surface area contributed by atoms with E-state index in [0.717, 1.165) is 5.56 Å². The molecule has 7 nitrogen and oxygen atoms in total. The molecule has 0 N–H and O–H groups in total. The first-order chi connectivity index (χ1) is 12.4. The van der Waals surface area contributed by atoms with Crippen LogP contribution in [0.2, 0.25) is 0 Å². The van der Waals surface area contributed by atoms with E-state index in [-0.39, 0.29) is 29.1 Å². The largest absolute Gasteiger partial charge is 0.340 e. The predicted octanol–water partition coefficient (Wildman–Crippen LogP) is 1.39. The van der Waals surface area contributed by atoms with Crippen molar-refractivity contribution in [3.8, 4) is 0 Å². The van der Waals surface area contributed by atoms with Crippen molar-refractivity contribution >= 4 is 32.9 Å². The first-order valence-electron chi connectivity index (χ1n) is 8.64. The molecule has 0 radical (unpaired) electrons. The van der Waals surface area contributed by atoms with E-state index in [1.807, 2.05) is 6.92 Å². The Bertz CT molecular complexity index is 780. The van der Waals surface area contributed by atoms with Crippen LogP contribution in [0.1, 0.15) is 12.0 Å². The smallest absolute Gasteiger partial charge is 0.282 e. The average Bonchev–Trinajstić information content (AvgIpc) is 2.86. The fourth-order valence-corrected chi connectivity index (χ4v) is 5.37. The second kappa shape index (κ2) is 7.98. The molecule has 1 aromatic carbocycles. The molecule has 2 aliphatic rings. The minimum absolute atomic E-state index is 0.0586. The second-order valence-electron chi connectivity index (χ2n) is 6.49. The van der Waals surface area contributed by atoms with E-state index in [0.29, 0.717) is 38.4 Å². The van der Waals surface area contributed by atoms with Gasteiger partial charge in [0.05, 0.1) is 4.90 Å². The lowest BCUT2D eigenvalue weighted by Crippen LogP contribution is -2.42. The lowest BCUT2D eigenvalue weighted by atomic mass is 10.2. The van der Waals surface area contributed by atoms with Crippen LogP contribution in [0.25, 0.3) is 0 Å². The third kappa shape index (κ3) is 4.21. The maximum atomic E-state index is 12.8. The van der Waals surface area contributed by atoms with Gasteiger partial charge in [-0.3, -0.25) is 9.59 Å². The number of rotatable bonds is 4.